The van der Waals surface area contributed by atoms with Crippen LogP contribution in [0, 0.1) is 0 Å². The van der Waals surface area contributed by atoms with Crippen LogP contribution in [0.3, 0.4) is 0 Å². The molecule has 2 nitrogen and oxygen atoms in total. The summed E-state index contributed by atoms with van der Waals surface area (Å²) in [5.74, 6) is 0. The smallest absolute Gasteiger partial charge is 0.0649 e. The van der Waals surface area contributed by atoms with Crippen LogP contribution in [0.1, 0.15) is 0 Å². The topological polar surface area (TPSA) is 20.3 Å². The fourth-order valence-corrected chi connectivity index (χ4v) is 5.56. The van der Waals surface area contributed by atoms with Crippen molar-refractivity contribution >= 4 is 50.2 Å². The van der Waals surface area contributed by atoms with Crippen LogP contribution in [0.15, 0.2) is 120 Å². The Bertz CT molecular complexity index is 1440. The minimum Gasteiger partial charge on any atom is -0.310 e. The molecule has 0 heterocycles. The first kappa shape index (κ1) is 21.4. The van der Waals surface area contributed by atoms with Crippen molar-refractivity contribution in [3.8, 4) is 11.1 Å². The second-order valence-electron chi connectivity index (χ2n) is 7.79. The molecular formula is C29H22ClNOS. The number of hydrogen-bond donors (Lipinski definition) is 0. The largest absolute Gasteiger partial charge is 0.310 e. The van der Waals surface area contributed by atoms with Gasteiger partial charge in [0, 0.05) is 23.0 Å². The second-order valence-corrected chi connectivity index (χ2v) is 9.51. The highest BCUT2D eigenvalue weighted by molar-refractivity contribution is 7.84. The SMILES string of the molecule is CS(=O)c1c(Cl)cccc1-c1ccc(N(c2ccccc2)c2cccc3ccccc23)cc1. The Kier molecular flexibility index (Phi) is 5.99. The van der Waals surface area contributed by atoms with Crippen molar-refractivity contribution in [2.75, 3.05) is 11.2 Å². The number of hydrogen-bond acceptors (Lipinski definition) is 2. The van der Waals surface area contributed by atoms with Crippen molar-refractivity contribution in [3.63, 3.8) is 0 Å². The predicted molar refractivity (Wildman–Crippen MR) is 141 cm³/mol. The first-order valence-electron chi connectivity index (χ1n) is 10.7. The van der Waals surface area contributed by atoms with E-state index in [1.165, 1.54) is 10.8 Å². The number of nitrogens with zero attached hydrogens (tertiary/aromatic N) is 1. The lowest BCUT2D eigenvalue weighted by atomic mass is 10.0. The Morgan fingerprint density at radius 1 is 0.667 bits per heavy atom. The van der Waals surface area contributed by atoms with E-state index in [-0.39, 0.29) is 0 Å². The van der Waals surface area contributed by atoms with Crippen LogP contribution in [0.2, 0.25) is 5.02 Å². The van der Waals surface area contributed by atoms with Gasteiger partial charge in [-0.25, -0.2) is 0 Å². The van der Waals surface area contributed by atoms with Gasteiger partial charge < -0.3 is 4.90 Å². The van der Waals surface area contributed by atoms with Gasteiger partial charge in [-0.05, 0) is 52.9 Å². The summed E-state index contributed by atoms with van der Waals surface area (Å²) in [6, 6.07) is 39.2. The van der Waals surface area contributed by atoms with Gasteiger partial charge in [-0.1, -0.05) is 90.5 Å². The Balaban J connectivity index is 1.65. The summed E-state index contributed by atoms with van der Waals surface area (Å²) in [5, 5.41) is 2.91. The van der Waals surface area contributed by atoms with Crippen LogP contribution in [0.4, 0.5) is 17.1 Å². The molecule has 0 saturated carbocycles. The van der Waals surface area contributed by atoms with Crippen molar-refractivity contribution < 1.29 is 4.21 Å². The molecule has 0 aliphatic rings. The molecule has 1 atom stereocenters. The minimum absolute atomic E-state index is 0.527. The van der Waals surface area contributed by atoms with E-state index < -0.39 is 10.8 Å². The summed E-state index contributed by atoms with van der Waals surface area (Å²) in [6.45, 7) is 0. The van der Waals surface area contributed by atoms with Crippen molar-refractivity contribution in [3.05, 3.63) is 120 Å². The molecule has 5 aromatic rings. The lowest BCUT2D eigenvalue weighted by Gasteiger charge is -2.27. The lowest BCUT2D eigenvalue weighted by Crippen LogP contribution is -2.10. The van der Waals surface area contributed by atoms with Gasteiger partial charge >= 0.3 is 0 Å². The molecule has 0 aliphatic heterocycles. The maximum Gasteiger partial charge on any atom is 0.0649 e. The summed E-state index contributed by atoms with van der Waals surface area (Å²) in [4.78, 5) is 2.93. The van der Waals surface area contributed by atoms with E-state index in [1.54, 1.807) is 12.3 Å². The average molecular weight is 468 g/mol. The maximum atomic E-state index is 12.3. The molecule has 0 saturated heterocycles. The quantitative estimate of drug-likeness (QED) is 0.258. The molecule has 0 radical (unpaired) electrons. The predicted octanol–water partition coefficient (Wildman–Crippen LogP) is 8.37. The molecule has 0 aliphatic carbocycles. The van der Waals surface area contributed by atoms with E-state index in [9.17, 15) is 4.21 Å². The normalized spacial score (nSPS) is 11.9. The van der Waals surface area contributed by atoms with Crippen molar-refractivity contribution in [1.82, 2.24) is 0 Å². The highest BCUT2D eigenvalue weighted by atomic mass is 35.5. The number of fused-ring (bicyclic) bond motifs is 1. The van der Waals surface area contributed by atoms with Gasteiger partial charge in [-0.3, -0.25) is 4.21 Å². The zero-order valence-electron chi connectivity index (χ0n) is 18.1. The highest BCUT2D eigenvalue weighted by Crippen LogP contribution is 2.40. The number of halogens is 1. The molecule has 1 unspecified atom stereocenters. The van der Waals surface area contributed by atoms with E-state index in [2.05, 4.69) is 95.9 Å². The molecule has 162 valence electrons. The number of para-hydroxylation sites is 1. The highest BCUT2D eigenvalue weighted by Gasteiger charge is 2.16. The van der Waals surface area contributed by atoms with Gasteiger partial charge in [0.05, 0.1) is 26.4 Å². The fourth-order valence-electron chi connectivity index (χ4n) is 4.23. The average Bonchev–Trinajstić information content (AvgIpc) is 2.85. The molecule has 33 heavy (non-hydrogen) atoms. The third-order valence-corrected chi connectivity index (χ3v) is 7.15. The van der Waals surface area contributed by atoms with Crippen LogP contribution >= 0.6 is 11.6 Å². The van der Waals surface area contributed by atoms with E-state index >= 15 is 0 Å². The summed E-state index contributed by atoms with van der Waals surface area (Å²) in [6.07, 6.45) is 1.66. The van der Waals surface area contributed by atoms with Crippen molar-refractivity contribution in [2.45, 2.75) is 4.90 Å². The minimum atomic E-state index is -1.18. The molecule has 0 aromatic heterocycles. The fraction of sp³-hybridized carbons (Fsp3) is 0.0345. The summed E-state index contributed by atoms with van der Waals surface area (Å²) >= 11 is 6.37. The zero-order valence-corrected chi connectivity index (χ0v) is 19.7. The zero-order chi connectivity index (χ0) is 22.8. The Labute approximate surface area is 201 Å². The van der Waals surface area contributed by atoms with Crippen LogP contribution < -0.4 is 4.90 Å². The van der Waals surface area contributed by atoms with E-state index in [4.69, 9.17) is 11.6 Å². The maximum absolute atomic E-state index is 12.3. The number of rotatable bonds is 5. The van der Waals surface area contributed by atoms with Crippen LogP contribution in [-0.4, -0.2) is 10.5 Å². The van der Waals surface area contributed by atoms with Crippen molar-refractivity contribution in [2.24, 2.45) is 0 Å². The lowest BCUT2D eigenvalue weighted by molar-refractivity contribution is 0.687. The van der Waals surface area contributed by atoms with Gasteiger partial charge in [0.15, 0.2) is 0 Å². The Morgan fingerprint density at radius 2 is 1.30 bits per heavy atom. The standard InChI is InChI=1S/C29H22ClNOS/c1-33(32)29-26(14-8-15-27(29)30)22-17-19-24(20-18-22)31(23-11-3-2-4-12-23)28-16-7-10-21-9-5-6-13-25(21)28/h2-20H,1H3. The molecule has 5 aromatic carbocycles. The van der Waals surface area contributed by atoms with Gasteiger partial charge in [0.1, 0.15) is 0 Å². The van der Waals surface area contributed by atoms with Gasteiger partial charge in [-0.15, -0.1) is 0 Å². The molecular weight excluding hydrogens is 446 g/mol. The summed E-state index contributed by atoms with van der Waals surface area (Å²) in [5.41, 5.74) is 5.12. The third kappa shape index (κ3) is 4.18. The number of anilines is 3. The van der Waals surface area contributed by atoms with Gasteiger partial charge in [-0.2, -0.15) is 0 Å². The first-order chi connectivity index (χ1) is 16.1. The molecule has 0 N–H and O–H groups in total. The molecule has 5 rings (SSSR count). The number of benzene rings is 5. The van der Waals surface area contributed by atoms with Gasteiger partial charge in [0.2, 0.25) is 0 Å². The van der Waals surface area contributed by atoms with Crippen LogP contribution in [-0.2, 0) is 10.8 Å². The van der Waals surface area contributed by atoms with E-state index in [0.717, 1.165) is 28.2 Å². The molecule has 0 spiro atoms. The van der Waals surface area contributed by atoms with Crippen molar-refractivity contribution in [1.29, 1.82) is 0 Å². The molecule has 0 fully saturated rings. The Hall–Kier alpha value is -3.40. The second kappa shape index (κ2) is 9.22. The first-order valence-corrected chi connectivity index (χ1v) is 12.6. The summed E-state index contributed by atoms with van der Waals surface area (Å²) in [7, 11) is -1.18. The molecule has 0 bridgehead atoms. The van der Waals surface area contributed by atoms with Crippen LogP contribution in [0.25, 0.3) is 21.9 Å². The van der Waals surface area contributed by atoms with Crippen LogP contribution in [0.5, 0.6) is 0 Å². The Morgan fingerprint density at radius 3 is 2.06 bits per heavy atom. The summed E-state index contributed by atoms with van der Waals surface area (Å²) < 4.78 is 12.3. The third-order valence-electron chi connectivity index (χ3n) is 5.71. The molecule has 0 amide bonds. The monoisotopic (exact) mass is 467 g/mol. The van der Waals surface area contributed by atoms with Gasteiger partial charge in [0.25, 0.3) is 0 Å². The van der Waals surface area contributed by atoms with E-state index in [0.29, 0.717) is 9.92 Å². The molecule has 4 heteroatoms. The van der Waals surface area contributed by atoms with E-state index in [1.807, 2.05) is 18.2 Å².